The monoisotopic (exact) mass is 508 g/mol. The fourth-order valence-corrected chi connectivity index (χ4v) is 4.57. The number of H-pyrrole nitrogens is 1. The molecule has 36 heavy (non-hydrogen) atoms. The van der Waals surface area contributed by atoms with Gasteiger partial charge in [0.15, 0.2) is 17.5 Å². The number of carbonyl (C=O) groups is 1. The summed E-state index contributed by atoms with van der Waals surface area (Å²) in [5.74, 6) is 0.347. The van der Waals surface area contributed by atoms with Crippen molar-refractivity contribution >= 4 is 34.7 Å². The number of nitrogens with one attached hydrogen (secondary N) is 4. The number of benzene rings is 1. The van der Waals surface area contributed by atoms with Crippen LogP contribution in [0.25, 0.3) is 0 Å². The third kappa shape index (κ3) is 5.88. The molecule has 7 nitrogen and oxygen atoms in total. The molecular weight excluding hydrogens is 482 g/mol. The van der Waals surface area contributed by atoms with Crippen LogP contribution in [0.4, 0.5) is 26.2 Å². The Labute approximate surface area is 211 Å². The predicted molar refractivity (Wildman–Crippen MR) is 136 cm³/mol. The lowest BCUT2D eigenvalue weighted by molar-refractivity contribution is -0.120. The van der Waals surface area contributed by atoms with Crippen molar-refractivity contribution in [2.75, 3.05) is 10.6 Å². The SMILES string of the molecule is CC(Nc1nc(Nc2cc(C3CC3)[nH]n2)c(F)cc1CNC(=O)Cc1cccs1)c1ccc(F)cc1. The molecule has 1 unspecified atom stereocenters. The van der Waals surface area contributed by atoms with Crippen LogP contribution >= 0.6 is 11.3 Å². The molecule has 0 aliphatic heterocycles. The van der Waals surface area contributed by atoms with Gasteiger partial charge in [0.2, 0.25) is 5.91 Å². The summed E-state index contributed by atoms with van der Waals surface area (Å²) in [5.41, 5.74) is 2.35. The van der Waals surface area contributed by atoms with E-state index in [-0.39, 0.29) is 36.5 Å². The minimum Gasteiger partial charge on any atom is -0.363 e. The summed E-state index contributed by atoms with van der Waals surface area (Å²) in [4.78, 5) is 17.9. The number of rotatable bonds is 10. The maximum Gasteiger partial charge on any atom is 0.225 e. The maximum atomic E-state index is 15.1. The maximum absolute atomic E-state index is 15.1. The van der Waals surface area contributed by atoms with E-state index < -0.39 is 5.82 Å². The molecule has 4 aromatic rings. The summed E-state index contributed by atoms with van der Waals surface area (Å²) in [7, 11) is 0. The Bertz CT molecular complexity index is 1340. The first kappa shape index (κ1) is 23.9. The van der Waals surface area contributed by atoms with E-state index in [0.29, 0.717) is 23.1 Å². The minimum absolute atomic E-state index is 0.0197. The molecule has 1 aliphatic carbocycles. The number of hydrogen-bond donors (Lipinski definition) is 4. The quantitative estimate of drug-likeness (QED) is 0.217. The van der Waals surface area contributed by atoms with Gasteiger partial charge in [-0.15, -0.1) is 11.3 Å². The van der Waals surface area contributed by atoms with Gasteiger partial charge in [-0.25, -0.2) is 13.8 Å². The molecule has 1 amide bonds. The molecule has 3 aromatic heterocycles. The zero-order valence-corrected chi connectivity index (χ0v) is 20.5. The minimum atomic E-state index is -0.562. The normalized spacial score (nSPS) is 13.9. The zero-order chi connectivity index (χ0) is 25.1. The standard InChI is InChI=1S/C26H26F2N6OS/c1-15(16-6-8-19(27)9-7-16)30-25-18(14-29-24(35)12-20-3-2-10-36-20)11-21(28)26(32-25)31-23-13-22(33-34-23)17-4-5-17/h2-3,6-11,13,15,17H,4-5,12,14H2,1H3,(H,29,35)(H3,30,31,32,33,34). The molecular formula is C26H26F2N6OS. The lowest BCUT2D eigenvalue weighted by Gasteiger charge is -2.19. The fourth-order valence-electron chi connectivity index (χ4n) is 3.87. The Balaban J connectivity index is 1.36. The molecule has 1 atom stereocenters. The highest BCUT2D eigenvalue weighted by Crippen LogP contribution is 2.39. The van der Waals surface area contributed by atoms with Crippen LogP contribution in [0.1, 0.15) is 53.4 Å². The van der Waals surface area contributed by atoms with Crippen molar-refractivity contribution in [1.82, 2.24) is 20.5 Å². The van der Waals surface area contributed by atoms with Gasteiger partial charge in [0.1, 0.15) is 11.6 Å². The molecule has 0 spiro atoms. The number of thiophene rings is 1. The van der Waals surface area contributed by atoms with Crippen molar-refractivity contribution in [2.45, 2.75) is 44.7 Å². The van der Waals surface area contributed by atoms with Crippen molar-refractivity contribution < 1.29 is 13.6 Å². The van der Waals surface area contributed by atoms with Gasteiger partial charge in [0.25, 0.3) is 0 Å². The van der Waals surface area contributed by atoms with Crippen LogP contribution in [-0.2, 0) is 17.8 Å². The first-order chi connectivity index (χ1) is 17.4. The summed E-state index contributed by atoms with van der Waals surface area (Å²) < 4.78 is 28.5. The second-order valence-corrected chi connectivity index (χ2v) is 9.92. The molecule has 0 bridgehead atoms. The number of nitrogens with zero attached hydrogens (tertiary/aromatic N) is 2. The van der Waals surface area contributed by atoms with Crippen molar-refractivity contribution in [2.24, 2.45) is 0 Å². The van der Waals surface area contributed by atoms with Crippen molar-refractivity contribution in [3.63, 3.8) is 0 Å². The van der Waals surface area contributed by atoms with Crippen LogP contribution in [-0.4, -0.2) is 21.1 Å². The van der Waals surface area contributed by atoms with E-state index in [4.69, 9.17) is 0 Å². The smallest absolute Gasteiger partial charge is 0.225 e. The number of carbonyl (C=O) groups excluding carboxylic acids is 1. The Morgan fingerprint density at radius 1 is 1.17 bits per heavy atom. The lowest BCUT2D eigenvalue weighted by Crippen LogP contribution is -2.25. The molecule has 1 aromatic carbocycles. The molecule has 0 radical (unpaired) electrons. The Hall–Kier alpha value is -3.79. The predicted octanol–water partition coefficient (Wildman–Crippen LogP) is 5.80. The Morgan fingerprint density at radius 2 is 1.97 bits per heavy atom. The summed E-state index contributed by atoms with van der Waals surface area (Å²) in [6, 6.07) is 12.9. The number of anilines is 3. The van der Waals surface area contributed by atoms with Crippen LogP contribution in [0.5, 0.6) is 0 Å². The number of aromatic amines is 1. The second kappa shape index (κ2) is 10.4. The summed E-state index contributed by atoms with van der Waals surface area (Å²) in [6.45, 7) is 2.00. The molecule has 10 heteroatoms. The summed E-state index contributed by atoms with van der Waals surface area (Å²) in [6.07, 6.45) is 2.50. The first-order valence-electron chi connectivity index (χ1n) is 11.8. The van der Waals surface area contributed by atoms with Gasteiger partial charge in [-0.2, -0.15) is 5.10 Å². The first-order valence-corrected chi connectivity index (χ1v) is 12.7. The van der Waals surface area contributed by atoms with Crippen LogP contribution in [0, 0.1) is 11.6 Å². The molecule has 0 saturated heterocycles. The van der Waals surface area contributed by atoms with Crippen LogP contribution in [0.3, 0.4) is 0 Å². The number of halogens is 2. The molecule has 1 fully saturated rings. The third-order valence-electron chi connectivity index (χ3n) is 6.03. The van der Waals surface area contributed by atoms with Crippen LogP contribution in [0.15, 0.2) is 53.9 Å². The highest BCUT2D eigenvalue weighted by Gasteiger charge is 2.26. The van der Waals surface area contributed by atoms with E-state index in [1.165, 1.54) is 29.5 Å². The zero-order valence-electron chi connectivity index (χ0n) is 19.6. The van der Waals surface area contributed by atoms with E-state index in [2.05, 4.69) is 31.1 Å². The molecule has 5 rings (SSSR count). The summed E-state index contributed by atoms with van der Waals surface area (Å²) >= 11 is 1.51. The second-order valence-electron chi connectivity index (χ2n) is 8.88. The Morgan fingerprint density at radius 3 is 2.69 bits per heavy atom. The van der Waals surface area contributed by atoms with Crippen molar-refractivity contribution in [3.8, 4) is 0 Å². The van der Waals surface area contributed by atoms with E-state index >= 15 is 4.39 Å². The third-order valence-corrected chi connectivity index (χ3v) is 6.91. The van der Waals surface area contributed by atoms with E-state index in [1.807, 2.05) is 30.5 Å². The van der Waals surface area contributed by atoms with Crippen LogP contribution in [0.2, 0.25) is 0 Å². The summed E-state index contributed by atoms with van der Waals surface area (Å²) in [5, 5.41) is 18.2. The molecule has 3 heterocycles. The highest BCUT2D eigenvalue weighted by atomic mass is 32.1. The fraction of sp³-hybridized carbons (Fsp3) is 0.269. The largest absolute Gasteiger partial charge is 0.363 e. The van der Waals surface area contributed by atoms with Gasteiger partial charge in [0, 0.05) is 40.7 Å². The van der Waals surface area contributed by atoms with Gasteiger partial charge in [-0.05, 0) is 55.0 Å². The van der Waals surface area contributed by atoms with E-state index in [0.717, 1.165) is 29.0 Å². The topological polar surface area (TPSA) is 94.7 Å². The van der Waals surface area contributed by atoms with Crippen molar-refractivity contribution in [3.05, 3.63) is 87.2 Å². The molecule has 186 valence electrons. The average Bonchev–Trinajstić information content (AvgIpc) is 3.38. The lowest BCUT2D eigenvalue weighted by atomic mass is 10.1. The molecule has 1 saturated carbocycles. The number of aromatic nitrogens is 3. The van der Waals surface area contributed by atoms with Gasteiger partial charge < -0.3 is 16.0 Å². The van der Waals surface area contributed by atoms with E-state index in [1.54, 1.807) is 12.1 Å². The number of hydrogen-bond acceptors (Lipinski definition) is 6. The Kier molecular flexibility index (Phi) is 6.95. The van der Waals surface area contributed by atoms with Gasteiger partial charge >= 0.3 is 0 Å². The van der Waals surface area contributed by atoms with Gasteiger partial charge in [0.05, 0.1) is 6.42 Å². The van der Waals surface area contributed by atoms with Crippen molar-refractivity contribution in [1.29, 1.82) is 0 Å². The number of pyridine rings is 1. The number of amides is 1. The molecule has 4 N–H and O–H groups in total. The van der Waals surface area contributed by atoms with Gasteiger partial charge in [-0.1, -0.05) is 18.2 Å². The molecule has 1 aliphatic rings. The highest BCUT2D eigenvalue weighted by molar-refractivity contribution is 7.10. The van der Waals surface area contributed by atoms with Gasteiger partial charge in [-0.3, -0.25) is 9.89 Å². The van der Waals surface area contributed by atoms with Crippen LogP contribution < -0.4 is 16.0 Å². The van der Waals surface area contributed by atoms with E-state index in [9.17, 15) is 9.18 Å². The average molecular weight is 509 g/mol.